The number of pyridine rings is 1. The molecule has 98 valence electrons. The van der Waals surface area contributed by atoms with Gasteiger partial charge in [0, 0.05) is 24.8 Å². The van der Waals surface area contributed by atoms with Gasteiger partial charge in [0.05, 0.1) is 12.0 Å². The first-order valence-electron chi connectivity index (χ1n) is 6.27. The molecule has 3 N–H and O–H groups in total. The molecule has 0 spiro atoms. The second kappa shape index (κ2) is 5.35. The Hall–Kier alpha value is -1.62. The number of hydrogen-bond acceptors (Lipinski definition) is 4. The fourth-order valence-corrected chi connectivity index (χ4v) is 2.40. The van der Waals surface area contributed by atoms with E-state index >= 15 is 0 Å². The lowest BCUT2D eigenvalue weighted by Crippen LogP contribution is -2.42. The van der Waals surface area contributed by atoms with Gasteiger partial charge >= 0.3 is 0 Å². The lowest BCUT2D eigenvalue weighted by Gasteiger charge is -2.33. The molecule has 18 heavy (non-hydrogen) atoms. The Balaban J connectivity index is 2.23. The molecule has 0 aliphatic carbocycles. The van der Waals surface area contributed by atoms with Crippen LogP contribution in [0.3, 0.4) is 0 Å². The van der Waals surface area contributed by atoms with E-state index in [1.807, 2.05) is 11.0 Å². The maximum atomic E-state index is 11.3. The van der Waals surface area contributed by atoms with E-state index in [1.165, 1.54) is 0 Å². The van der Waals surface area contributed by atoms with Gasteiger partial charge < -0.3 is 15.7 Å². The van der Waals surface area contributed by atoms with Crippen molar-refractivity contribution in [1.82, 2.24) is 4.98 Å². The van der Waals surface area contributed by atoms with Crippen LogP contribution in [0.25, 0.3) is 0 Å². The van der Waals surface area contributed by atoms with Gasteiger partial charge in [0.25, 0.3) is 0 Å². The molecule has 1 fully saturated rings. The largest absolute Gasteiger partial charge is 0.389 e. The smallest absolute Gasteiger partial charge is 0.222 e. The van der Waals surface area contributed by atoms with Crippen molar-refractivity contribution in [2.24, 2.45) is 11.7 Å². The third kappa shape index (κ3) is 2.61. The van der Waals surface area contributed by atoms with Crippen molar-refractivity contribution in [2.75, 3.05) is 18.0 Å². The highest BCUT2D eigenvalue weighted by Crippen LogP contribution is 2.27. The van der Waals surface area contributed by atoms with E-state index in [1.54, 1.807) is 19.2 Å². The van der Waals surface area contributed by atoms with Crippen molar-refractivity contribution >= 4 is 11.7 Å². The summed E-state index contributed by atoms with van der Waals surface area (Å²) in [7, 11) is 0. The van der Waals surface area contributed by atoms with Gasteiger partial charge in [-0.05, 0) is 25.8 Å². The second-order valence-electron chi connectivity index (χ2n) is 4.78. The van der Waals surface area contributed by atoms with Crippen molar-refractivity contribution in [3.05, 3.63) is 23.9 Å². The Kier molecular flexibility index (Phi) is 3.81. The first-order chi connectivity index (χ1) is 8.59. The van der Waals surface area contributed by atoms with Gasteiger partial charge in [-0.2, -0.15) is 0 Å². The minimum Gasteiger partial charge on any atom is -0.389 e. The zero-order valence-corrected chi connectivity index (χ0v) is 10.5. The molecule has 2 atom stereocenters. The van der Waals surface area contributed by atoms with Crippen LogP contribution in [-0.2, 0) is 4.79 Å². The van der Waals surface area contributed by atoms with E-state index in [0.717, 1.165) is 30.8 Å². The number of aromatic nitrogens is 1. The van der Waals surface area contributed by atoms with Gasteiger partial charge in [-0.15, -0.1) is 0 Å². The summed E-state index contributed by atoms with van der Waals surface area (Å²) in [5, 5.41) is 9.75. The molecule has 1 aromatic rings. The number of aliphatic hydroxyl groups excluding tert-OH is 1. The van der Waals surface area contributed by atoms with Crippen LogP contribution in [0, 0.1) is 5.92 Å². The van der Waals surface area contributed by atoms with Gasteiger partial charge in [0.15, 0.2) is 0 Å². The van der Waals surface area contributed by atoms with Gasteiger partial charge in [-0.25, -0.2) is 4.98 Å². The van der Waals surface area contributed by atoms with Gasteiger partial charge in [0.1, 0.15) is 5.82 Å². The molecule has 1 aromatic heterocycles. The lowest BCUT2D eigenvalue weighted by atomic mass is 9.97. The van der Waals surface area contributed by atoms with Crippen LogP contribution in [0.4, 0.5) is 5.82 Å². The van der Waals surface area contributed by atoms with Crippen molar-refractivity contribution in [3.63, 3.8) is 0 Å². The summed E-state index contributed by atoms with van der Waals surface area (Å²) in [5.74, 6) is 0.385. The number of amides is 1. The highest BCUT2D eigenvalue weighted by atomic mass is 16.3. The average molecular weight is 249 g/mol. The Labute approximate surface area is 107 Å². The molecular weight excluding hydrogens is 230 g/mol. The molecule has 0 aromatic carbocycles. The first-order valence-corrected chi connectivity index (χ1v) is 6.27. The summed E-state index contributed by atoms with van der Waals surface area (Å²) in [6.07, 6.45) is 2.89. The van der Waals surface area contributed by atoms with E-state index in [9.17, 15) is 9.90 Å². The number of primary amides is 1. The zero-order valence-electron chi connectivity index (χ0n) is 10.5. The standard InChI is InChI=1S/C13H19N3O2/c1-9(17)11-5-2-6-15-13(11)16-7-3-4-10(8-16)12(14)18/h2,5-6,9-10,17H,3-4,7-8H2,1H3,(H2,14,18)/t9-,10?/m1/s1. The molecule has 2 heterocycles. The number of piperidine rings is 1. The SMILES string of the molecule is C[C@@H](O)c1cccnc1N1CCCC(C(N)=O)C1. The van der Waals surface area contributed by atoms with E-state index < -0.39 is 6.10 Å². The number of nitrogens with zero attached hydrogens (tertiary/aromatic N) is 2. The van der Waals surface area contributed by atoms with E-state index in [0.29, 0.717) is 6.54 Å². The van der Waals surface area contributed by atoms with E-state index in [4.69, 9.17) is 5.73 Å². The minimum absolute atomic E-state index is 0.123. The van der Waals surface area contributed by atoms with Crippen LogP contribution < -0.4 is 10.6 Å². The molecular formula is C13H19N3O2. The molecule has 5 nitrogen and oxygen atoms in total. The van der Waals surface area contributed by atoms with Crippen LogP contribution in [-0.4, -0.2) is 29.1 Å². The van der Waals surface area contributed by atoms with Crippen LogP contribution in [0.15, 0.2) is 18.3 Å². The van der Waals surface area contributed by atoms with E-state index in [2.05, 4.69) is 4.98 Å². The zero-order chi connectivity index (χ0) is 13.1. The van der Waals surface area contributed by atoms with Crippen molar-refractivity contribution in [3.8, 4) is 0 Å². The molecule has 1 aliphatic rings. The van der Waals surface area contributed by atoms with Gasteiger partial charge in [-0.3, -0.25) is 4.79 Å². The third-order valence-electron chi connectivity index (χ3n) is 3.39. The normalized spacial score (nSPS) is 21.7. The number of carbonyl (C=O) groups excluding carboxylic acids is 1. The second-order valence-corrected chi connectivity index (χ2v) is 4.78. The summed E-state index contributed by atoms with van der Waals surface area (Å²) in [4.78, 5) is 17.6. The van der Waals surface area contributed by atoms with Crippen molar-refractivity contribution in [1.29, 1.82) is 0 Å². The van der Waals surface area contributed by atoms with Gasteiger partial charge in [-0.1, -0.05) is 6.07 Å². The highest BCUT2D eigenvalue weighted by Gasteiger charge is 2.26. The van der Waals surface area contributed by atoms with Crippen LogP contribution in [0.2, 0.25) is 0 Å². The number of aliphatic hydroxyl groups is 1. The number of nitrogens with two attached hydrogens (primary N) is 1. The number of rotatable bonds is 3. The van der Waals surface area contributed by atoms with Crippen molar-refractivity contribution in [2.45, 2.75) is 25.9 Å². The average Bonchev–Trinajstić information content (AvgIpc) is 2.39. The summed E-state index contributed by atoms with van der Waals surface area (Å²) >= 11 is 0. The maximum absolute atomic E-state index is 11.3. The Morgan fingerprint density at radius 3 is 3.11 bits per heavy atom. The third-order valence-corrected chi connectivity index (χ3v) is 3.39. The molecule has 0 saturated carbocycles. The topological polar surface area (TPSA) is 79.5 Å². The quantitative estimate of drug-likeness (QED) is 0.831. The Bertz CT molecular complexity index is 434. The Morgan fingerprint density at radius 1 is 1.67 bits per heavy atom. The monoisotopic (exact) mass is 249 g/mol. The first kappa shape index (κ1) is 12.8. The maximum Gasteiger partial charge on any atom is 0.222 e. The van der Waals surface area contributed by atoms with Crippen LogP contribution in [0.5, 0.6) is 0 Å². The summed E-state index contributed by atoms with van der Waals surface area (Å²) in [6.45, 7) is 3.16. The molecule has 1 aliphatic heterocycles. The van der Waals surface area contributed by atoms with Gasteiger partial charge in [0.2, 0.25) is 5.91 Å². The molecule has 0 radical (unpaired) electrons. The summed E-state index contributed by atoms with van der Waals surface area (Å²) < 4.78 is 0. The van der Waals surface area contributed by atoms with Crippen LogP contribution in [0.1, 0.15) is 31.4 Å². The van der Waals surface area contributed by atoms with Crippen LogP contribution >= 0.6 is 0 Å². The highest BCUT2D eigenvalue weighted by molar-refractivity contribution is 5.77. The fraction of sp³-hybridized carbons (Fsp3) is 0.538. The summed E-state index contributed by atoms with van der Waals surface area (Å²) in [5.41, 5.74) is 6.16. The molecule has 2 rings (SSSR count). The molecule has 1 saturated heterocycles. The van der Waals surface area contributed by atoms with Crippen molar-refractivity contribution < 1.29 is 9.90 Å². The number of carbonyl (C=O) groups is 1. The predicted octanol–water partition coefficient (Wildman–Crippen LogP) is 0.837. The number of anilines is 1. The predicted molar refractivity (Wildman–Crippen MR) is 69.0 cm³/mol. The molecule has 0 bridgehead atoms. The minimum atomic E-state index is -0.567. The van der Waals surface area contributed by atoms with E-state index in [-0.39, 0.29) is 11.8 Å². The Morgan fingerprint density at radius 2 is 2.44 bits per heavy atom. The molecule has 5 heteroatoms. The fourth-order valence-electron chi connectivity index (χ4n) is 2.40. The summed E-state index contributed by atoms with van der Waals surface area (Å²) in [6, 6.07) is 3.67. The molecule has 1 amide bonds. The molecule has 1 unspecified atom stereocenters. The number of hydrogen-bond donors (Lipinski definition) is 2. The lowest BCUT2D eigenvalue weighted by molar-refractivity contribution is -0.122.